The minimum Gasteiger partial charge on any atom is -0.386 e. The first-order chi connectivity index (χ1) is 8.70. The number of hydrogen-bond donors (Lipinski definition) is 1. The summed E-state index contributed by atoms with van der Waals surface area (Å²) in [6.45, 7) is 3.03. The summed E-state index contributed by atoms with van der Waals surface area (Å²) in [5.41, 5.74) is 0.995. The van der Waals surface area contributed by atoms with E-state index >= 15 is 0 Å². The lowest BCUT2D eigenvalue weighted by Gasteiger charge is -2.27. The van der Waals surface area contributed by atoms with Gasteiger partial charge in [0, 0.05) is 6.54 Å². The van der Waals surface area contributed by atoms with Crippen LogP contribution >= 0.6 is 15.9 Å². The highest BCUT2D eigenvalue weighted by Crippen LogP contribution is 2.53. The van der Waals surface area contributed by atoms with Crippen molar-refractivity contribution < 1.29 is 5.11 Å². The largest absolute Gasteiger partial charge is 0.386 e. The maximum Gasteiger partial charge on any atom is 0.0998 e. The van der Waals surface area contributed by atoms with Gasteiger partial charge in [0.05, 0.1) is 22.5 Å². The van der Waals surface area contributed by atoms with Gasteiger partial charge in [-0.2, -0.15) is 5.10 Å². The van der Waals surface area contributed by atoms with Crippen LogP contribution in [0.4, 0.5) is 0 Å². The first-order valence-electron chi connectivity index (χ1n) is 7.10. The molecule has 4 atom stereocenters. The van der Waals surface area contributed by atoms with Crippen LogP contribution in [0.25, 0.3) is 0 Å². The average molecular weight is 313 g/mol. The van der Waals surface area contributed by atoms with E-state index in [0.717, 1.165) is 35.0 Å². The molecule has 2 aliphatic carbocycles. The molecule has 3 nitrogen and oxygen atoms in total. The van der Waals surface area contributed by atoms with E-state index < -0.39 is 0 Å². The van der Waals surface area contributed by atoms with Crippen molar-refractivity contribution in [2.75, 3.05) is 0 Å². The van der Waals surface area contributed by atoms with Crippen molar-refractivity contribution in [1.29, 1.82) is 0 Å². The van der Waals surface area contributed by atoms with Gasteiger partial charge in [0.25, 0.3) is 0 Å². The fourth-order valence-electron chi connectivity index (χ4n) is 3.94. The second kappa shape index (κ2) is 4.97. The second-order valence-electron chi connectivity index (χ2n) is 5.88. The first-order valence-corrected chi connectivity index (χ1v) is 7.89. The molecule has 1 N–H and O–H groups in total. The molecule has 4 unspecified atom stereocenters. The van der Waals surface area contributed by atoms with Crippen LogP contribution in [0.3, 0.4) is 0 Å². The number of hydrogen-bond acceptors (Lipinski definition) is 2. The summed E-state index contributed by atoms with van der Waals surface area (Å²) >= 11 is 3.54. The lowest BCUT2D eigenvalue weighted by Crippen LogP contribution is -2.22. The summed E-state index contributed by atoms with van der Waals surface area (Å²) in [6, 6.07) is 0. The third-order valence-electron chi connectivity index (χ3n) is 4.75. The van der Waals surface area contributed by atoms with Crippen molar-refractivity contribution in [3.8, 4) is 0 Å². The molecule has 3 rings (SSSR count). The Morgan fingerprint density at radius 2 is 2.33 bits per heavy atom. The summed E-state index contributed by atoms with van der Waals surface area (Å²) < 4.78 is 2.94. The maximum absolute atomic E-state index is 10.7. The van der Waals surface area contributed by atoms with Gasteiger partial charge in [-0.1, -0.05) is 13.3 Å². The summed E-state index contributed by atoms with van der Waals surface area (Å²) in [5, 5.41) is 15.1. The van der Waals surface area contributed by atoms with E-state index in [4.69, 9.17) is 0 Å². The van der Waals surface area contributed by atoms with E-state index in [1.165, 1.54) is 25.7 Å². The Labute approximate surface area is 117 Å². The molecule has 2 saturated carbocycles. The summed E-state index contributed by atoms with van der Waals surface area (Å²) in [7, 11) is 0. The fourth-order valence-corrected chi connectivity index (χ4v) is 4.47. The Morgan fingerprint density at radius 3 is 2.94 bits per heavy atom. The third-order valence-corrected chi connectivity index (χ3v) is 5.36. The minimum atomic E-state index is -0.344. The van der Waals surface area contributed by atoms with E-state index in [2.05, 4.69) is 28.0 Å². The molecule has 4 heteroatoms. The third kappa shape index (κ3) is 2.03. The number of halogens is 1. The highest BCUT2D eigenvalue weighted by Gasteiger charge is 2.44. The van der Waals surface area contributed by atoms with E-state index in [9.17, 15) is 5.11 Å². The van der Waals surface area contributed by atoms with E-state index in [-0.39, 0.29) is 6.10 Å². The lowest BCUT2D eigenvalue weighted by atomic mass is 9.83. The molecule has 0 spiro atoms. The highest BCUT2D eigenvalue weighted by atomic mass is 79.9. The quantitative estimate of drug-likeness (QED) is 0.923. The fraction of sp³-hybridized carbons (Fsp3) is 0.786. The predicted molar refractivity (Wildman–Crippen MR) is 74.1 cm³/mol. The van der Waals surface area contributed by atoms with Crippen LogP contribution in [0.5, 0.6) is 0 Å². The van der Waals surface area contributed by atoms with Gasteiger partial charge in [-0.25, -0.2) is 0 Å². The van der Waals surface area contributed by atoms with Crippen molar-refractivity contribution in [3.05, 3.63) is 16.4 Å². The van der Waals surface area contributed by atoms with Gasteiger partial charge in [-0.15, -0.1) is 0 Å². The van der Waals surface area contributed by atoms with Crippen LogP contribution < -0.4 is 0 Å². The number of aromatic nitrogens is 2. The second-order valence-corrected chi connectivity index (χ2v) is 6.74. The molecule has 1 aromatic rings. The zero-order valence-electron chi connectivity index (χ0n) is 10.8. The molecule has 2 bridgehead atoms. The van der Waals surface area contributed by atoms with Crippen LogP contribution in [-0.4, -0.2) is 14.9 Å². The van der Waals surface area contributed by atoms with Gasteiger partial charge in [0.1, 0.15) is 0 Å². The average Bonchev–Trinajstić information content (AvgIpc) is 3.04. The van der Waals surface area contributed by atoms with E-state index in [1.54, 1.807) is 0 Å². The van der Waals surface area contributed by atoms with Crippen molar-refractivity contribution >= 4 is 15.9 Å². The number of aryl methyl sites for hydroxylation is 1. The Bertz CT molecular complexity index is 431. The zero-order chi connectivity index (χ0) is 12.7. The molecule has 0 aliphatic heterocycles. The van der Waals surface area contributed by atoms with Gasteiger partial charge in [-0.3, -0.25) is 4.68 Å². The number of aliphatic hydroxyl groups is 1. The Kier molecular flexibility index (Phi) is 3.50. The summed E-state index contributed by atoms with van der Waals surface area (Å²) in [4.78, 5) is 0. The van der Waals surface area contributed by atoms with Crippen molar-refractivity contribution in [2.24, 2.45) is 17.8 Å². The summed E-state index contributed by atoms with van der Waals surface area (Å²) in [5.74, 6) is 2.06. The highest BCUT2D eigenvalue weighted by molar-refractivity contribution is 9.10. The molecular formula is C14H21BrN2O. The predicted octanol–water partition coefficient (Wildman–Crippen LogP) is 3.53. The van der Waals surface area contributed by atoms with Gasteiger partial charge in [0.15, 0.2) is 0 Å². The molecule has 0 radical (unpaired) electrons. The zero-order valence-corrected chi connectivity index (χ0v) is 12.4. The van der Waals surface area contributed by atoms with Crippen molar-refractivity contribution in [2.45, 2.75) is 51.7 Å². The molecule has 0 saturated heterocycles. The lowest BCUT2D eigenvalue weighted by molar-refractivity contribution is 0.0661. The minimum absolute atomic E-state index is 0.344. The number of aliphatic hydroxyl groups excluding tert-OH is 1. The Balaban J connectivity index is 1.83. The molecule has 1 heterocycles. The molecule has 2 aliphatic rings. The van der Waals surface area contributed by atoms with Crippen LogP contribution in [0, 0.1) is 17.8 Å². The molecule has 1 aromatic heterocycles. The molecule has 18 heavy (non-hydrogen) atoms. The Hall–Kier alpha value is -0.350. The molecular weight excluding hydrogens is 292 g/mol. The molecule has 0 aromatic carbocycles. The number of nitrogens with zero attached hydrogens (tertiary/aromatic N) is 2. The number of fused-ring (bicyclic) bond motifs is 2. The van der Waals surface area contributed by atoms with Crippen LogP contribution in [0.1, 0.15) is 50.8 Å². The number of rotatable bonds is 4. The van der Waals surface area contributed by atoms with E-state index in [0.29, 0.717) is 5.92 Å². The standard InChI is InChI=1S/C14H21BrN2O/c1-2-5-17-13(12(15)8-16-17)14(18)11-7-9-3-4-10(11)6-9/h8-11,14,18H,2-7H2,1H3. The molecule has 100 valence electrons. The summed E-state index contributed by atoms with van der Waals surface area (Å²) in [6.07, 6.45) is 7.75. The van der Waals surface area contributed by atoms with E-state index in [1.807, 2.05) is 10.9 Å². The molecule has 2 fully saturated rings. The van der Waals surface area contributed by atoms with Gasteiger partial charge in [0.2, 0.25) is 0 Å². The molecule has 0 amide bonds. The Morgan fingerprint density at radius 1 is 1.50 bits per heavy atom. The van der Waals surface area contributed by atoms with Gasteiger partial charge >= 0.3 is 0 Å². The van der Waals surface area contributed by atoms with Crippen molar-refractivity contribution in [3.63, 3.8) is 0 Å². The van der Waals surface area contributed by atoms with Crippen LogP contribution in [-0.2, 0) is 6.54 Å². The van der Waals surface area contributed by atoms with Gasteiger partial charge in [-0.05, 0) is 59.4 Å². The maximum atomic E-state index is 10.7. The monoisotopic (exact) mass is 312 g/mol. The smallest absolute Gasteiger partial charge is 0.0998 e. The van der Waals surface area contributed by atoms with Crippen LogP contribution in [0.15, 0.2) is 10.7 Å². The van der Waals surface area contributed by atoms with Crippen LogP contribution in [0.2, 0.25) is 0 Å². The van der Waals surface area contributed by atoms with Gasteiger partial charge < -0.3 is 5.11 Å². The van der Waals surface area contributed by atoms with Crippen molar-refractivity contribution in [1.82, 2.24) is 9.78 Å². The first kappa shape index (κ1) is 12.7. The topological polar surface area (TPSA) is 38.0 Å². The normalized spacial score (nSPS) is 32.1. The SMILES string of the molecule is CCCn1ncc(Br)c1C(O)C1CC2CCC1C2.